The van der Waals surface area contributed by atoms with E-state index in [1.54, 1.807) is 13.3 Å². The van der Waals surface area contributed by atoms with Crippen molar-refractivity contribution in [2.24, 2.45) is 0 Å². The minimum Gasteiger partial charge on any atom is -0.497 e. The summed E-state index contributed by atoms with van der Waals surface area (Å²) in [5.41, 5.74) is 2.29. The number of ketones is 1. The van der Waals surface area contributed by atoms with Gasteiger partial charge in [0.25, 0.3) is 0 Å². The lowest BCUT2D eigenvalue weighted by atomic mass is 10.1. The summed E-state index contributed by atoms with van der Waals surface area (Å²) >= 11 is 0. The van der Waals surface area contributed by atoms with E-state index < -0.39 is 12.1 Å². The predicted molar refractivity (Wildman–Crippen MR) is 103 cm³/mol. The van der Waals surface area contributed by atoms with E-state index in [1.165, 1.54) is 23.9 Å². The van der Waals surface area contributed by atoms with Gasteiger partial charge >= 0.3 is 6.09 Å². The normalized spacial score (nSPS) is 15.5. The molecule has 0 spiro atoms. The number of carboxylic acid groups (broad SMARTS) is 1. The molecule has 6 heteroatoms. The van der Waals surface area contributed by atoms with E-state index in [0.29, 0.717) is 0 Å². The summed E-state index contributed by atoms with van der Waals surface area (Å²) in [6.45, 7) is 3.46. The van der Waals surface area contributed by atoms with Gasteiger partial charge in [0.05, 0.1) is 13.2 Å². The maximum atomic E-state index is 10.8. The Morgan fingerprint density at radius 1 is 1.37 bits per heavy atom. The number of carbonyl (C=O) groups excluding carboxylic acids is 1. The highest BCUT2D eigenvalue weighted by Crippen LogP contribution is 2.14. The molecule has 1 unspecified atom stereocenters. The molecule has 0 aliphatic carbocycles. The maximum Gasteiger partial charge on any atom is 0.411 e. The first-order valence-corrected chi connectivity index (χ1v) is 8.41. The predicted octanol–water partition coefficient (Wildman–Crippen LogP) is 3.69. The zero-order valence-corrected chi connectivity index (χ0v) is 15.1. The summed E-state index contributed by atoms with van der Waals surface area (Å²) in [4.78, 5) is 26.8. The molecule has 0 fully saturated rings. The number of hydrogen-bond donors (Lipinski definition) is 1. The van der Waals surface area contributed by atoms with E-state index in [-0.39, 0.29) is 12.2 Å². The van der Waals surface area contributed by atoms with E-state index in [1.807, 2.05) is 30.3 Å². The number of benzene rings is 1. The molecular weight excluding hydrogens is 344 g/mol. The lowest BCUT2D eigenvalue weighted by Crippen LogP contribution is -2.37. The van der Waals surface area contributed by atoms with Crippen LogP contribution in [0.25, 0.3) is 0 Å². The van der Waals surface area contributed by atoms with Crippen molar-refractivity contribution in [2.45, 2.75) is 18.9 Å². The highest BCUT2D eigenvalue weighted by atomic mass is 16.5. The minimum absolute atomic E-state index is 0.0719. The van der Waals surface area contributed by atoms with Crippen LogP contribution in [0.4, 0.5) is 4.79 Å². The smallest absolute Gasteiger partial charge is 0.411 e. The van der Waals surface area contributed by atoms with Gasteiger partial charge in [0.15, 0.2) is 5.78 Å². The van der Waals surface area contributed by atoms with Gasteiger partial charge in [0.1, 0.15) is 5.75 Å². The van der Waals surface area contributed by atoms with Gasteiger partial charge in [-0.1, -0.05) is 36.4 Å². The summed E-state index contributed by atoms with van der Waals surface area (Å²) in [6, 6.07) is 13.7. The van der Waals surface area contributed by atoms with Crippen LogP contribution < -0.4 is 4.74 Å². The standard InChI is InChI=1S/C13H13NO.C8H9NO3/c1-15-13-7-8-14-12(10-13)9-11-5-3-2-4-6-11;1-2-6-5-7(10)3-4-9(6)8(11)12/h2-8,10H,9H2,1H3;2-4,6H,1,5H2,(H,11,12). The van der Waals surface area contributed by atoms with Gasteiger partial charge in [-0.15, -0.1) is 6.58 Å². The molecule has 27 heavy (non-hydrogen) atoms. The van der Waals surface area contributed by atoms with Crippen LogP contribution in [0, 0.1) is 0 Å². The zero-order valence-electron chi connectivity index (χ0n) is 15.1. The molecule has 6 nitrogen and oxygen atoms in total. The molecule has 3 rings (SSSR count). The molecule has 0 radical (unpaired) electrons. The average Bonchev–Trinajstić information content (AvgIpc) is 2.69. The van der Waals surface area contributed by atoms with Crippen LogP contribution >= 0.6 is 0 Å². The van der Waals surface area contributed by atoms with E-state index in [0.717, 1.165) is 22.8 Å². The number of aromatic nitrogens is 1. The second kappa shape index (κ2) is 9.91. The second-order valence-electron chi connectivity index (χ2n) is 5.83. The molecule has 0 saturated carbocycles. The molecule has 1 aliphatic heterocycles. The summed E-state index contributed by atoms with van der Waals surface area (Å²) in [6.07, 6.45) is 5.72. The summed E-state index contributed by atoms with van der Waals surface area (Å²) < 4.78 is 5.15. The maximum absolute atomic E-state index is 10.8. The molecular formula is C21H22N2O4. The Balaban J connectivity index is 0.000000199. The van der Waals surface area contributed by atoms with Gasteiger partial charge in [-0.25, -0.2) is 4.79 Å². The van der Waals surface area contributed by atoms with Gasteiger partial charge in [0.2, 0.25) is 0 Å². The van der Waals surface area contributed by atoms with Crippen molar-refractivity contribution in [1.29, 1.82) is 0 Å². The van der Waals surface area contributed by atoms with Gasteiger partial charge in [-0.2, -0.15) is 0 Å². The van der Waals surface area contributed by atoms with Crippen molar-refractivity contribution >= 4 is 11.9 Å². The van der Waals surface area contributed by atoms with Gasteiger partial charge in [-0.3, -0.25) is 14.7 Å². The molecule has 2 heterocycles. The quantitative estimate of drug-likeness (QED) is 0.835. The number of carbonyl (C=O) groups is 2. The first kappa shape index (κ1) is 19.9. The van der Waals surface area contributed by atoms with Crippen LogP contribution in [-0.4, -0.2) is 40.0 Å². The Kier molecular flexibility index (Phi) is 7.31. The molecule has 2 aromatic rings. The molecule has 1 aromatic carbocycles. The zero-order chi connectivity index (χ0) is 19.6. The number of hydrogen-bond acceptors (Lipinski definition) is 4. The van der Waals surface area contributed by atoms with Crippen LogP contribution in [0.2, 0.25) is 0 Å². The number of methoxy groups -OCH3 is 1. The summed E-state index contributed by atoms with van der Waals surface area (Å²) in [7, 11) is 1.67. The van der Waals surface area contributed by atoms with Crippen LogP contribution in [-0.2, 0) is 11.2 Å². The summed E-state index contributed by atoms with van der Waals surface area (Å²) in [5.74, 6) is 0.785. The molecule has 1 amide bonds. The van der Waals surface area contributed by atoms with E-state index in [2.05, 4.69) is 23.7 Å². The van der Waals surface area contributed by atoms with Crippen LogP contribution in [0.5, 0.6) is 5.75 Å². The second-order valence-corrected chi connectivity index (χ2v) is 5.83. The number of allylic oxidation sites excluding steroid dienone is 1. The monoisotopic (exact) mass is 366 g/mol. The van der Waals surface area contributed by atoms with Crippen molar-refractivity contribution < 1.29 is 19.4 Å². The van der Waals surface area contributed by atoms with Crippen LogP contribution in [0.3, 0.4) is 0 Å². The Bertz CT molecular complexity index is 818. The fraction of sp³-hybridized carbons (Fsp3) is 0.190. The Morgan fingerprint density at radius 2 is 2.11 bits per heavy atom. The number of ether oxygens (including phenoxy) is 1. The highest BCUT2D eigenvalue weighted by molar-refractivity contribution is 5.92. The Morgan fingerprint density at radius 3 is 2.74 bits per heavy atom. The third kappa shape index (κ3) is 6.11. The van der Waals surface area contributed by atoms with Crippen molar-refractivity contribution in [2.75, 3.05) is 7.11 Å². The van der Waals surface area contributed by atoms with Crippen LogP contribution in [0.15, 0.2) is 73.6 Å². The van der Waals surface area contributed by atoms with Crippen molar-refractivity contribution in [3.8, 4) is 5.75 Å². The van der Waals surface area contributed by atoms with E-state index in [9.17, 15) is 9.59 Å². The van der Waals surface area contributed by atoms with Crippen LogP contribution in [0.1, 0.15) is 17.7 Å². The number of nitrogens with zero attached hydrogens (tertiary/aromatic N) is 2. The molecule has 1 aliphatic rings. The van der Waals surface area contributed by atoms with Crippen molar-refractivity contribution in [3.63, 3.8) is 0 Å². The van der Waals surface area contributed by atoms with Gasteiger partial charge in [0, 0.05) is 37.0 Å². The molecule has 140 valence electrons. The number of rotatable bonds is 4. The van der Waals surface area contributed by atoms with E-state index >= 15 is 0 Å². The van der Waals surface area contributed by atoms with Crippen molar-refractivity contribution in [1.82, 2.24) is 9.88 Å². The third-order valence-electron chi connectivity index (χ3n) is 3.93. The summed E-state index contributed by atoms with van der Waals surface area (Å²) in [5, 5.41) is 8.64. The molecule has 0 bridgehead atoms. The number of amides is 1. The minimum atomic E-state index is -1.07. The van der Waals surface area contributed by atoms with Gasteiger partial charge < -0.3 is 9.84 Å². The van der Waals surface area contributed by atoms with Gasteiger partial charge in [-0.05, 0) is 17.7 Å². The first-order valence-electron chi connectivity index (χ1n) is 8.41. The third-order valence-corrected chi connectivity index (χ3v) is 3.93. The largest absolute Gasteiger partial charge is 0.497 e. The average molecular weight is 366 g/mol. The fourth-order valence-corrected chi connectivity index (χ4v) is 2.53. The lowest BCUT2D eigenvalue weighted by molar-refractivity contribution is -0.115. The number of pyridine rings is 1. The lowest BCUT2D eigenvalue weighted by Gasteiger charge is -2.25. The van der Waals surface area contributed by atoms with E-state index in [4.69, 9.17) is 9.84 Å². The first-order chi connectivity index (χ1) is 13.0. The SMILES string of the molecule is C=CC1CC(=O)C=CN1C(=O)O.COc1ccnc(Cc2ccccc2)c1. The highest BCUT2D eigenvalue weighted by Gasteiger charge is 2.23. The molecule has 1 N–H and O–H groups in total. The molecule has 1 atom stereocenters. The Hall–Kier alpha value is -3.41. The molecule has 0 saturated heterocycles. The fourth-order valence-electron chi connectivity index (χ4n) is 2.53. The topological polar surface area (TPSA) is 79.7 Å². The Labute approximate surface area is 158 Å². The molecule has 1 aromatic heterocycles. The van der Waals surface area contributed by atoms with Crippen molar-refractivity contribution in [3.05, 3.63) is 84.8 Å².